The lowest BCUT2D eigenvalue weighted by Gasteiger charge is -2.35. The largest absolute Gasteiger partial charge is 0.496 e. The average molecular weight is 512 g/mol. The number of rotatable bonds is 11. The quantitative estimate of drug-likeness (QED) is 0.364. The molecule has 0 N–H and O–H groups in total. The first kappa shape index (κ1) is 27.6. The number of hydrogen-bond donors (Lipinski definition) is 0. The first-order chi connectivity index (χ1) is 17.9. The molecule has 0 amide bonds. The van der Waals surface area contributed by atoms with E-state index in [4.69, 9.17) is 18.9 Å². The van der Waals surface area contributed by atoms with Crippen LogP contribution in [0.5, 0.6) is 11.5 Å². The molecule has 0 saturated carbocycles. The minimum absolute atomic E-state index is 0.207. The lowest BCUT2D eigenvalue weighted by atomic mass is 9.89. The van der Waals surface area contributed by atoms with Crippen molar-refractivity contribution in [3.05, 3.63) is 29.7 Å². The summed E-state index contributed by atoms with van der Waals surface area (Å²) in [5.41, 5.74) is 1.66. The molecule has 2 aliphatic heterocycles. The summed E-state index contributed by atoms with van der Waals surface area (Å²) in [6, 6.07) is 5.65. The first-order valence-electron chi connectivity index (χ1n) is 14.0. The van der Waals surface area contributed by atoms with Gasteiger partial charge in [0.2, 0.25) is 5.89 Å². The van der Waals surface area contributed by atoms with Gasteiger partial charge >= 0.3 is 0 Å². The van der Waals surface area contributed by atoms with E-state index in [1.165, 1.54) is 19.5 Å². The second-order valence-corrected chi connectivity index (χ2v) is 11.2. The summed E-state index contributed by atoms with van der Waals surface area (Å²) >= 11 is 0. The summed E-state index contributed by atoms with van der Waals surface area (Å²) in [5, 5.41) is 0. The van der Waals surface area contributed by atoms with E-state index in [2.05, 4.69) is 23.6 Å². The van der Waals surface area contributed by atoms with Gasteiger partial charge in [0, 0.05) is 32.0 Å². The predicted octanol–water partition coefficient (Wildman–Crippen LogP) is 5.60. The molecule has 1 aromatic carbocycles. The molecule has 0 spiro atoms. The minimum Gasteiger partial charge on any atom is -0.496 e. The molecule has 0 radical (unpaired) electrons. The summed E-state index contributed by atoms with van der Waals surface area (Å²) in [6.07, 6.45) is 6.10. The molecule has 204 valence electrons. The molecule has 1 aromatic heterocycles. The topological polar surface area (TPSA) is 68.0 Å². The Morgan fingerprint density at radius 1 is 1.03 bits per heavy atom. The molecule has 7 nitrogen and oxygen atoms in total. The molecule has 2 aliphatic rings. The van der Waals surface area contributed by atoms with Gasteiger partial charge in [-0.1, -0.05) is 19.9 Å². The number of unbranched alkanes of at least 4 members (excludes halogenated alkanes) is 1. The predicted molar refractivity (Wildman–Crippen MR) is 146 cm³/mol. The molecule has 2 aromatic rings. The van der Waals surface area contributed by atoms with Crippen molar-refractivity contribution in [1.82, 2.24) is 14.8 Å². The van der Waals surface area contributed by atoms with Gasteiger partial charge in [0.05, 0.1) is 19.9 Å². The number of likely N-dealkylation sites (tertiary alicyclic amines) is 2. The summed E-state index contributed by atoms with van der Waals surface area (Å²) < 4.78 is 17.1. The fourth-order valence-corrected chi connectivity index (χ4v) is 6.18. The zero-order valence-electron chi connectivity index (χ0n) is 23.4. The summed E-state index contributed by atoms with van der Waals surface area (Å²) in [6.45, 7) is 12.8. The zero-order chi connectivity index (χ0) is 26.4. The van der Waals surface area contributed by atoms with Crippen LogP contribution in [-0.2, 0) is 11.3 Å². The van der Waals surface area contributed by atoms with Crippen molar-refractivity contribution in [3.8, 4) is 23.0 Å². The second kappa shape index (κ2) is 12.9. The molecule has 2 fully saturated rings. The van der Waals surface area contributed by atoms with Crippen LogP contribution in [0.4, 0.5) is 0 Å². The SMILES string of the molecule is COc1cccc(OC)c1-c1nc(CN2CCC(C(=O)CCCCN3C[C@H](C)C[C@H](C)C3)CC2)c(C)o1. The van der Waals surface area contributed by atoms with E-state index in [9.17, 15) is 4.79 Å². The molecular weight excluding hydrogens is 466 g/mol. The highest BCUT2D eigenvalue weighted by atomic mass is 16.5. The Balaban J connectivity index is 1.23. The van der Waals surface area contributed by atoms with Crippen LogP contribution in [0.3, 0.4) is 0 Å². The number of oxazole rings is 1. The van der Waals surface area contributed by atoms with Crippen LogP contribution >= 0.6 is 0 Å². The lowest BCUT2D eigenvalue weighted by Crippen LogP contribution is -2.39. The Kier molecular flexibility index (Phi) is 9.65. The highest BCUT2D eigenvalue weighted by Gasteiger charge is 2.27. The van der Waals surface area contributed by atoms with Crippen LogP contribution in [0.1, 0.15) is 63.8 Å². The molecule has 37 heavy (non-hydrogen) atoms. The van der Waals surface area contributed by atoms with E-state index in [1.54, 1.807) is 14.2 Å². The van der Waals surface area contributed by atoms with Crippen LogP contribution in [0.25, 0.3) is 11.5 Å². The smallest absolute Gasteiger partial charge is 0.234 e. The molecule has 2 atom stereocenters. The van der Waals surface area contributed by atoms with Gasteiger partial charge in [-0.15, -0.1) is 0 Å². The van der Waals surface area contributed by atoms with Crippen molar-refractivity contribution in [2.75, 3.05) is 46.9 Å². The van der Waals surface area contributed by atoms with E-state index >= 15 is 0 Å². The maximum Gasteiger partial charge on any atom is 0.234 e. The van der Waals surface area contributed by atoms with Crippen LogP contribution in [0.15, 0.2) is 22.6 Å². The van der Waals surface area contributed by atoms with Crippen LogP contribution < -0.4 is 9.47 Å². The minimum atomic E-state index is 0.207. The van der Waals surface area contributed by atoms with Crippen molar-refractivity contribution in [2.45, 2.75) is 65.8 Å². The van der Waals surface area contributed by atoms with Gasteiger partial charge in [-0.05, 0) is 82.6 Å². The van der Waals surface area contributed by atoms with E-state index in [0.29, 0.717) is 23.2 Å². The van der Waals surface area contributed by atoms with Gasteiger partial charge < -0.3 is 18.8 Å². The molecule has 7 heteroatoms. The van der Waals surface area contributed by atoms with Gasteiger partial charge in [-0.2, -0.15) is 0 Å². The molecular formula is C30H45N3O4. The number of Topliss-reactive ketones (excluding diaryl/α,β-unsaturated/α-hetero) is 1. The summed E-state index contributed by atoms with van der Waals surface area (Å²) in [7, 11) is 3.27. The van der Waals surface area contributed by atoms with Gasteiger partial charge in [0.1, 0.15) is 28.6 Å². The zero-order valence-corrected chi connectivity index (χ0v) is 23.4. The average Bonchev–Trinajstić information content (AvgIpc) is 3.25. The second-order valence-electron chi connectivity index (χ2n) is 11.2. The van der Waals surface area contributed by atoms with Gasteiger partial charge in [0.15, 0.2) is 0 Å². The third-order valence-corrected chi connectivity index (χ3v) is 8.04. The summed E-state index contributed by atoms with van der Waals surface area (Å²) in [5.74, 6) is 4.93. The van der Waals surface area contributed by atoms with E-state index in [1.807, 2.05) is 25.1 Å². The maximum atomic E-state index is 12.9. The number of nitrogens with zero attached hydrogens (tertiary/aromatic N) is 3. The van der Waals surface area contributed by atoms with Crippen molar-refractivity contribution >= 4 is 5.78 Å². The molecule has 0 bridgehead atoms. The maximum absolute atomic E-state index is 12.9. The van der Waals surface area contributed by atoms with Crippen molar-refractivity contribution < 1.29 is 18.7 Å². The van der Waals surface area contributed by atoms with Gasteiger partial charge in [-0.25, -0.2) is 4.98 Å². The van der Waals surface area contributed by atoms with Gasteiger partial charge in [-0.3, -0.25) is 9.69 Å². The third-order valence-electron chi connectivity index (χ3n) is 8.04. The highest BCUT2D eigenvalue weighted by molar-refractivity contribution is 5.81. The fraction of sp³-hybridized carbons (Fsp3) is 0.667. The first-order valence-corrected chi connectivity index (χ1v) is 14.0. The molecule has 2 saturated heterocycles. The van der Waals surface area contributed by atoms with E-state index in [0.717, 1.165) is 87.1 Å². The van der Waals surface area contributed by atoms with E-state index in [-0.39, 0.29) is 5.92 Å². The Bertz CT molecular complexity index is 996. The van der Waals surface area contributed by atoms with Crippen molar-refractivity contribution in [1.29, 1.82) is 0 Å². The van der Waals surface area contributed by atoms with Crippen LogP contribution in [0.2, 0.25) is 0 Å². The fourth-order valence-electron chi connectivity index (χ4n) is 6.18. The van der Waals surface area contributed by atoms with Crippen molar-refractivity contribution in [2.24, 2.45) is 17.8 Å². The standard InChI is InChI=1S/C30H45N3O4/c1-21-17-22(2)19-33(18-21)14-7-6-9-26(34)24-12-15-32(16-13-24)20-25-23(3)37-30(31-25)29-27(35-4)10-8-11-28(29)36-5/h8,10-11,21-22,24H,6-7,9,12-20H2,1-5H3/t21-,22+. The number of carbonyl (C=O) groups excluding carboxylic acids is 1. The van der Waals surface area contributed by atoms with E-state index < -0.39 is 0 Å². The number of aryl methyl sites for hydroxylation is 1. The highest BCUT2D eigenvalue weighted by Crippen LogP contribution is 2.38. The number of ketones is 1. The Hall–Kier alpha value is -2.38. The summed E-state index contributed by atoms with van der Waals surface area (Å²) in [4.78, 5) is 22.7. The number of benzene rings is 1. The molecule has 0 unspecified atom stereocenters. The van der Waals surface area contributed by atoms with Gasteiger partial charge in [0.25, 0.3) is 0 Å². The molecule has 4 rings (SSSR count). The van der Waals surface area contributed by atoms with Crippen LogP contribution in [0, 0.1) is 24.7 Å². The Labute approximate surface area is 222 Å². The number of carbonyl (C=O) groups is 1. The Morgan fingerprint density at radius 2 is 1.68 bits per heavy atom. The monoisotopic (exact) mass is 511 g/mol. The van der Waals surface area contributed by atoms with Crippen LogP contribution in [-0.4, -0.2) is 67.5 Å². The normalized spacial score (nSPS) is 21.8. The number of hydrogen-bond acceptors (Lipinski definition) is 7. The number of ether oxygens (including phenoxy) is 2. The number of aromatic nitrogens is 1. The number of piperidine rings is 2. The lowest BCUT2D eigenvalue weighted by molar-refractivity contribution is -0.124. The third kappa shape index (κ3) is 7.14. The Morgan fingerprint density at radius 3 is 2.30 bits per heavy atom. The van der Waals surface area contributed by atoms with Crippen molar-refractivity contribution in [3.63, 3.8) is 0 Å². The molecule has 3 heterocycles. The molecule has 0 aliphatic carbocycles. The number of methoxy groups -OCH3 is 2.